The maximum Gasteiger partial charge on any atom is 0.155 e. The Labute approximate surface area is 82.2 Å². The zero-order valence-electron chi connectivity index (χ0n) is 9.77. The van der Waals surface area contributed by atoms with E-state index in [2.05, 4.69) is 34.6 Å². The summed E-state index contributed by atoms with van der Waals surface area (Å²) in [6.45, 7) is 12.3. The first kappa shape index (κ1) is 12.4. The van der Waals surface area contributed by atoms with Gasteiger partial charge in [-0.1, -0.05) is 33.3 Å². The van der Waals surface area contributed by atoms with Crippen molar-refractivity contribution in [3.63, 3.8) is 0 Å². The molecular formula is C12H22O. The molecule has 13 heavy (non-hydrogen) atoms. The number of rotatable bonds is 4. The zero-order valence-corrected chi connectivity index (χ0v) is 9.77. The molecule has 0 fully saturated rings. The number of hydrogen-bond acceptors (Lipinski definition) is 1. The summed E-state index contributed by atoms with van der Waals surface area (Å²) in [5, 5.41) is 0. The van der Waals surface area contributed by atoms with E-state index in [1.807, 2.05) is 0 Å². The van der Waals surface area contributed by atoms with Crippen LogP contribution in [0.15, 0.2) is 11.1 Å². The van der Waals surface area contributed by atoms with Crippen molar-refractivity contribution in [3.05, 3.63) is 11.1 Å². The molecule has 0 bridgehead atoms. The van der Waals surface area contributed by atoms with Crippen LogP contribution in [-0.2, 0) is 4.79 Å². The summed E-state index contributed by atoms with van der Waals surface area (Å²) in [5.41, 5.74) is 2.28. The molecule has 0 aliphatic rings. The Bertz CT molecular complexity index is 209. The summed E-state index contributed by atoms with van der Waals surface area (Å²) in [5.74, 6) is 1.22. The molecule has 0 aliphatic carbocycles. The van der Waals surface area contributed by atoms with E-state index >= 15 is 0 Å². The third-order valence-electron chi connectivity index (χ3n) is 2.13. The molecular weight excluding hydrogens is 160 g/mol. The fourth-order valence-electron chi connectivity index (χ4n) is 1.92. The third-order valence-corrected chi connectivity index (χ3v) is 2.13. The maximum absolute atomic E-state index is 11.4. The molecule has 0 aromatic carbocycles. The molecule has 0 saturated heterocycles. The molecule has 0 heterocycles. The Hall–Kier alpha value is -0.590. The number of hydrogen-bond donors (Lipinski definition) is 0. The number of Topliss-reactive ketones (excluding diaryl/α,β-unsaturated/α-hetero) is 1. The van der Waals surface area contributed by atoms with Gasteiger partial charge in [0, 0.05) is 0 Å². The molecule has 1 nitrogen and oxygen atoms in total. The van der Waals surface area contributed by atoms with Crippen LogP contribution in [0.3, 0.4) is 0 Å². The van der Waals surface area contributed by atoms with Crippen molar-refractivity contribution in [2.24, 2.45) is 11.8 Å². The molecule has 0 saturated carbocycles. The van der Waals surface area contributed by atoms with Crippen LogP contribution >= 0.6 is 0 Å². The van der Waals surface area contributed by atoms with E-state index in [0.29, 0.717) is 11.8 Å². The van der Waals surface area contributed by atoms with E-state index in [4.69, 9.17) is 0 Å². The van der Waals surface area contributed by atoms with Gasteiger partial charge in [-0.3, -0.25) is 4.79 Å². The van der Waals surface area contributed by atoms with Crippen molar-refractivity contribution in [1.29, 1.82) is 0 Å². The Morgan fingerprint density at radius 2 is 1.54 bits per heavy atom. The van der Waals surface area contributed by atoms with Crippen molar-refractivity contribution in [2.75, 3.05) is 0 Å². The fourth-order valence-corrected chi connectivity index (χ4v) is 1.92. The zero-order chi connectivity index (χ0) is 10.6. The van der Waals surface area contributed by atoms with E-state index in [9.17, 15) is 4.79 Å². The van der Waals surface area contributed by atoms with Gasteiger partial charge in [0.2, 0.25) is 0 Å². The summed E-state index contributed by atoms with van der Waals surface area (Å²) in [6, 6.07) is 0. The van der Waals surface area contributed by atoms with Gasteiger partial charge in [0.15, 0.2) is 5.78 Å². The van der Waals surface area contributed by atoms with Crippen LogP contribution in [0.25, 0.3) is 0 Å². The lowest BCUT2D eigenvalue weighted by molar-refractivity contribution is -0.114. The molecule has 0 aromatic heterocycles. The molecule has 0 aromatic rings. The van der Waals surface area contributed by atoms with Crippen LogP contribution in [0.2, 0.25) is 0 Å². The Morgan fingerprint density at radius 3 is 1.77 bits per heavy atom. The van der Waals surface area contributed by atoms with Gasteiger partial charge in [0.25, 0.3) is 0 Å². The van der Waals surface area contributed by atoms with Gasteiger partial charge >= 0.3 is 0 Å². The second-order valence-electron chi connectivity index (χ2n) is 4.50. The third kappa shape index (κ3) is 4.25. The Kier molecular flexibility index (Phi) is 4.97. The minimum atomic E-state index is 0.230. The number of ketones is 1. The highest BCUT2D eigenvalue weighted by Crippen LogP contribution is 2.21. The molecule has 76 valence electrons. The van der Waals surface area contributed by atoms with E-state index in [1.54, 1.807) is 6.92 Å². The van der Waals surface area contributed by atoms with E-state index in [-0.39, 0.29) is 5.78 Å². The second kappa shape index (κ2) is 5.21. The highest BCUT2D eigenvalue weighted by molar-refractivity contribution is 5.94. The molecule has 0 radical (unpaired) electrons. The minimum absolute atomic E-state index is 0.230. The van der Waals surface area contributed by atoms with E-state index in [1.165, 1.54) is 5.57 Å². The normalized spacial score (nSPS) is 13.5. The predicted molar refractivity (Wildman–Crippen MR) is 57.7 cm³/mol. The summed E-state index contributed by atoms with van der Waals surface area (Å²) in [7, 11) is 0. The molecule has 0 atom stereocenters. The van der Waals surface area contributed by atoms with Crippen molar-refractivity contribution >= 4 is 5.78 Å². The summed E-state index contributed by atoms with van der Waals surface area (Å²) >= 11 is 0. The number of carbonyl (C=O) groups is 1. The molecule has 0 aliphatic heterocycles. The summed E-state index contributed by atoms with van der Waals surface area (Å²) in [4.78, 5) is 11.4. The van der Waals surface area contributed by atoms with E-state index < -0.39 is 0 Å². The standard InChI is InChI=1S/C12H22O/c1-8(2)7-10(5)12(9(3)4)11(6)13/h8-9H,7H2,1-6H3/b12-10+. The van der Waals surface area contributed by atoms with Crippen LogP contribution in [0, 0.1) is 11.8 Å². The van der Waals surface area contributed by atoms with Crippen molar-refractivity contribution < 1.29 is 4.79 Å². The molecule has 0 amide bonds. The molecule has 0 unspecified atom stereocenters. The number of carbonyl (C=O) groups excluding carboxylic acids is 1. The van der Waals surface area contributed by atoms with Crippen molar-refractivity contribution in [2.45, 2.75) is 48.0 Å². The highest BCUT2D eigenvalue weighted by atomic mass is 16.1. The average molecular weight is 182 g/mol. The van der Waals surface area contributed by atoms with E-state index in [0.717, 1.165) is 12.0 Å². The first-order chi connectivity index (χ1) is 5.86. The largest absolute Gasteiger partial charge is 0.295 e. The van der Waals surface area contributed by atoms with Crippen LogP contribution in [0.4, 0.5) is 0 Å². The Balaban J connectivity index is 4.76. The number of allylic oxidation sites excluding steroid dienone is 2. The Morgan fingerprint density at radius 1 is 1.08 bits per heavy atom. The monoisotopic (exact) mass is 182 g/mol. The smallest absolute Gasteiger partial charge is 0.155 e. The molecule has 1 heteroatoms. The van der Waals surface area contributed by atoms with Gasteiger partial charge in [0.1, 0.15) is 0 Å². The van der Waals surface area contributed by atoms with Crippen LogP contribution in [0.1, 0.15) is 48.0 Å². The minimum Gasteiger partial charge on any atom is -0.295 e. The van der Waals surface area contributed by atoms with Gasteiger partial charge in [-0.15, -0.1) is 0 Å². The summed E-state index contributed by atoms with van der Waals surface area (Å²) in [6.07, 6.45) is 1.03. The van der Waals surface area contributed by atoms with Crippen LogP contribution < -0.4 is 0 Å². The quantitative estimate of drug-likeness (QED) is 0.607. The average Bonchev–Trinajstić information content (AvgIpc) is 1.81. The lowest BCUT2D eigenvalue weighted by atomic mass is 9.90. The molecule has 0 spiro atoms. The van der Waals surface area contributed by atoms with Gasteiger partial charge < -0.3 is 0 Å². The van der Waals surface area contributed by atoms with Crippen molar-refractivity contribution in [1.82, 2.24) is 0 Å². The maximum atomic E-state index is 11.4. The molecule has 0 N–H and O–H groups in total. The first-order valence-corrected chi connectivity index (χ1v) is 5.06. The lowest BCUT2D eigenvalue weighted by Crippen LogP contribution is -2.08. The van der Waals surface area contributed by atoms with Crippen LogP contribution in [-0.4, -0.2) is 5.78 Å². The van der Waals surface area contributed by atoms with Crippen LogP contribution in [0.5, 0.6) is 0 Å². The first-order valence-electron chi connectivity index (χ1n) is 5.06. The van der Waals surface area contributed by atoms with Gasteiger partial charge in [-0.25, -0.2) is 0 Å². The topological polar surface area (TPSA) is 17.1 Å². The summed E-state index contributed by atoms with van der Waals surface area (Å²) < 4.78 is 0. The molecule has 0 rings (SSSR count). The second-order valence-corrected chi connectivity index (χ2v) is 4.50. The lowest BCUT2D eigenvalue weighted by Gasteiger charge is -2.14. The van der Waals surface area contributed by atoms with Crippen molar-refractivity contribution in [3.8, 4) is 0 Å². The predicted octanol–water partition coefficient (Wildman–Crippen LogP) is 3.59. The fraction of sp³-hybridized carbons (Fsp3) is 0.750. The van der Waals surface area contributed by atoms with Gasteiger partial charge in [-0.05, 0) is 37.7 Å². The SMILES string of the molecule is CC(=O)/C(=C(\C)CC(C)C)C(C)C. The highest BCUT2D eigenvalue weighted by Gasteiger charge is 2.12. The van der Waals surface area contributed by atoms with Gasteiger partial charge in [0.05, 0.1) is 0 Å². The van der Waals surface area contributed by atoms with Gasteiger partial charge in [-0.2, -0.15) is 0 Å².